The van der Waals surface area contributed by atoms with Gasteiger partial charge in [-0.05, 0) is 24.3 Å². The second-order valence-electron chi connectivity index (χ2n) is 6.24. The van der Waals surface area contributed by atoms with Crippen LogP contribution in [0.2, 0.25) is 0 Å². The number of anilines is 1. The molecule has 0 atom stereocenters. The number of fused-ring (bicyclic) bond motifs is 3. The summed E-state index contributed by atoms with van der Waals surface area (Å²) in [5.74, 6) is -0.422. The van der Waals surface area contributed by atoms with Gasteiger partial charge in [0.15, 0.2) is 0 Å². The molecule has 0 aliphatic carbocycles. The molecule has 1 N–H and O–H groups in total. The van der Waals surface area contributed by atoms with Crippen molar-refractivity contribution in [1.82, 2.24) is 0 Å². The Morgan fingerprint density at radius 2 is 1.66 bits per heavy atom. The monoisotopic (exact) mass is 411 g/mol. The summed E-state index contributed by atoms with van der Waals surface area (Å²) in [7, 11) is -1.46. The number of hydrogen-bond donors (Lipinski definition) is 1. The molecule has 0 amide bonds. The second-order valence-corrected chi connectivity index (χ2v) is 7.89. The highest BCUT2D eigenvalue weighted by molar-refractivity contribution is 7.92. The van der Waals surface area contributed by atoms with Gasteiger partial charge < -0.3 is 13.9 Å². The maximum Gasteiger partial charge on any atom is 0.339 e. The predicted octanol–water partition coefficient (Wildman–Crippen LogP) is 4.18. The molecular weight excluding hydrogens is 394 g/mol. The first-order valence-electron chi connectivity index (χ1n) is 8.64. The summed E-state index contributed by atoms with van der Waals surface area (Å²) in [4.78, 5) is 11.8. The number of rotatable bonds is 5. The molecule has 7 nitrogen and oxygen atoms in total. The lowest BCUT2D eigenvalue weighted by Gasteiger charge is -2.13. The van der Waals surface area contributed by atoms with Crippen molar-refractivity contribution in [2.45, 2.75) is 4.90 Å². The topological polar surface area (TPSA) is 94.8 Å². The quantitative estimate of drug-likeness (QED) is 0.495. The zero-order valence-corrected chi connectivity index (χ0v) is 16.4. The van der Waals surface area contributed by atoms with E-state index in [1.165, 1.54) is 32.4 Å². The fourth-order valence-corrected chi connectivity index (χ4v) is 4.44. The minimum absolute atomic E-state index is 0.0636. The summed E-state index contributed by atoms with van der Waals surface area (Å²) in [6, 6.07) is 16.6. The molecule has 0 bridgehead atoms. The van der Waals surface area contributed by atoms with Crippen molar-refractivity contribution in [2.24, 2.45) is 0 Å². The molecule has 0 aliphatic rings. The lowest BCUT2D eigenvalue weighted by atomic mass is 10.1. The third-order valence-electron chi connectivity index (χ3n) is 4.53. The highest BCUT2D eigenvalue weighted by Gasteiger charge is 2.24. The minimum atomic E-state index is -4.10. The van der Waals surface area contributed by atoms with E-state index in [1.54, 1.807) is 18.2 Å². The van der Waals surface area contributed by atoms with Crippen molar-refractivity contribution in [3.63, 3.8) is 0 Å². The largest absolute Gasteiger partial charge is 0.495 e. The second kappa shape index (κ2) is 7.14. The lowest BCUT2D eigenvalue weighted by Crippen LogP contribution is -2.17. The van der Waals surface area contributed by atoms with Gasteiger partial charge in [0.2, 0.25) is 0 Å². The van der Waals surface area contributed by atoms with Gasteiger partial charge >= 0.3 is 5.97 Å². The number of benzene rings is 3. The SMILES string of the molecule is COC(=O)c1ccccc1S(=O)(=O)Nc1cc2oc3ccccc3c2cc1OC. The molecule has 148 valence electrons. The van der Waals surface area contributed by atoms with E-state index in [0.29, 0.717) is 16.9 Å². The van der Waals surface area contributed by atoms with Crippen LogP contribution in [0.15, 0.2) is 70.0 Å². The van der Waals surface area contributed by atoms with E-state index in [0.717, 1.165) is 10.8 Å². The Morgan fingerprint density at radius 3 is 2.41 bits per heavy atom. The number of ether oxygens (including phenoxy) is 2. The zero-order valence-electron chi connectivity index (χ0n) is 15.6. The Hall–Kier alpha value is -3.52. The predicted molar refractivity (Wildman–Crippen MR) is 109 cm³/mol. The smallest absolute Gasteiger partial charge is 0.339 e. The van der Waals surface area contributed by atoms with Crippen LogP contribution < -0.4 is 9.46 Å². The molecular formula is C21H17NO6S. The molecule has 0 unspecified atom stereocenters. The third kappa shape index (κ3) is 3.27. The number of sulfonamides is 1. The van der Waals surface area contributed by atoms with Crippen LogP contribution in [0.5, 0.6) is 5.75 Å². The lowest BCUT2D eigenvalue weighted by molar-refractivity contribution is 0.0596. The Labute approximate surface area is 166 Å². The molecule has 4 aromatic rings. The van der Waals surface area contributed by atoms with Gasteiger partial charge in [-0.15, -0.1) is 0 Å². The first kappa shape index (κ1) is 18.8. The molecule has 29 heavy (non-hydrogen) atoms. The summed E-state index contributed by atoms with van der Waals surface area (Å²) in [6.07, 6.45) is 0. The molecule has 1 aromatic heterocycles. The number of esters is 1. The molecule has 0 saturated carbocycles. The molecule has 3 aromatic carbocycles. The molecule has 0 aliphatic heterocycles. The zero-order chi connectivity index (χ0) is 20.6. The van der Waals surface area contributed by atoms with E-state index >= 15 is 0 Å². The van der Waals surface area contributed by atoms with Gasteiger partial charge in [-0.3, -0.25) is 4.72 Å². The maximum absolute atomic E-state index is 13.0. The fourth-order valence-electron chi connectivity index (χ4n) is 3.18. The first-order valence-corrected chi connectivity index (χ1v) is 10.1. The molecule has 8 heteroatoms. The van der Waals surface area contributed by atoms with Crippen molar-refractivity contribution < 1.29 is 27.1 Å². The fraction of sp³-hybridized carbons (Fsp3) is 0.0952. The van der Waals surface area contributed by atoms with E-state index in [2.05, 4.69) is 9.46 Å². The van der Waals surface area contributed by atoms with Crippen LogP contribution >= 0.6 is 0 Å². The van der Waals surface area contributed by atoms with E-state index in [-0.39, 0.29) is 16.1 Å². The molecule has 0 fully saturated rings. The molecule has 0 saturated heterocycles. The Kier molecular flexibility index (Phi) is 4.63. The van der Waals surface area contributed by atoms with Crippen LogP contribution in [-0.4, -0.2) is 28.6 Å². The first-order chi connectivity index (χ1) is 13.9. The standard InChI is InChI=1S/C21H17NO6S/c1-26-19-11-15-13-7-3-5-9-17(13)28-18(15)12-16(19)22-29(24,25)20-10-6-4-8-14(20)21(23)27-2/h3-12,22H,1-2H3. The van der Waals surface area contributed by atoms with Gasteiger partial charge in [0.25, 0.3) is 10.0 Å². The van der Waals surface area contributed by atoms with Crippen molar-refractivity contribution in [2.75, 3.05) is 18.9 Å². The van der Waals surface area contributed by atoms with Gasteiger partial charge in [-0.2, -0.15) is 0 Å². The van der Waals surface area contributed by atoms with Gasteiger partial charge in [0, 0.05) is 16.8 Å². The van der Waals surface area contributed by atoms with E-state index in [4.69, 9.17) is 9.15 Å². The summed E-state index contributed by atoms with van der Waals surface area (Å²) in [5.41, 5.74) is 1.32. The van der Waals surface area contributed by atoms with Crippen LogP contribution in [-0.2, 0) is 14.8 Å². The van der Waals surface area contributed by atoms with Gasteiger partial charge in [-0.1, -0.05) is 30.3 Å². The molecule has 0 radical (unpaired) electrons. The summed E-state index contributed by atoms with van der Waals surface area (Å²) < 4.78 is 44.4. The van der Waals surface area contributed by atoms with E-state index < -0.39 is 16.0 Å². The van der Waals surface area contributed by atoms with Crippen LogP contribution in [0.25, 0.3) is 21.9 Å². The van der Waals surface area contributed by atoms with Crippen molar-refractivity contribution in [1.29, 1.82) is 0 Å². The number of hydrogen-bond acceptors (Lipinski definition) is 6. The number of methoxy groups -OCH3 is 2. The van der Waals surface area contributed by atoms with Crippen LogP contribution in [0.1, 0.15) is 10.4 Å². The van der Waals surface area contributed by atoms with Crippen LogP contribution in [0.4, 0.5) is 5.69 Å². The average Bonchev–Trinajstić information content (AvgIpc) is 3.09. The summed E-state index contributed by atoms with van der Waals surface area (Å²) in [5, 5.41) is 1.70. The Bertz CT molecular complexity index is 1340. The van der Waals surface area contributed by atoms with Crippen LogP contribution in [0.3, 0.4) is 0 Å². The molecule has 1 heterocycles. The average molecular weight is 411 g/mol. The third-order valence-corrected chi connectivity index (χ3v) is 5.95. The van der Waals surface area contributed by atoms with Gasteiger partial charge in [-0.25, -0.2) is 13.2 Å². The summed E-state index contributed by atoms with van der Waals surface area (Å²) in [6.45, 7) is 0. The molecule has 4 rings (SSSR count). The van der Waals surface area contributed by atoms with Crippen molar-refractivity contribution in [3.8, 4) is 5.75 Å². The highest BCUT2D eigenvalue weighted by Crippen LogP contribution is 2.37. The Balaban J connectivity index is 1.83. The number of carbonyl (C=O) groups excluding carboxylic acids is 1. The number of para-hydroxylation sites is 1. The van der Waals surface area contributed by atoms with Crippen LogP contribution in [0, 0.1) is 0 Å². The maximum atomic E-state index is 13.0. The van der Waals surface area contributed by atoms with Crippen molar-refractivity contribution >= 4 is 43.6 Å². The van der Waals surface area contributed by atoms with E-state index in [9.17, 15) is 13.2 Å². The number of furan rings is 1. The molecule has 0 spiro atoms. The summed E-state index contributed by atoms with van der Waals surface area (Å²) >= 11 is 0. The minimum Gasteiger partial charge on any atom is -0.495 e. The Morgan fingerprint density at radius 1 is 0.931 bits per heavy atom. The van der Waals surface area contributed by atoms with Gasteiger partial charge in [0.05, 0.1) is 25.5 Å². The van der Waals surface area contributed by atoms with E-state index in [1.807, 2.05) is 24.3 Å². The number of carbonyl (C=O) groups is 1. The van der Waals surface area contributed by atoms with Gasteiger partial charge in [0.1, 0.15) is 21.8 Å². The van der Waals surface area contributed by atoms with Crippen molar-refractivity contribution in [3.05, 3.63) is 66.2 Å². The highest BCUT2D eigenvalue weighted by atomic mass is 32.2. The normalized spacial score (nSPS) is 11.5. The number of nitrogens with one attached hydrogen (secondary N) is 1.